The van der Waals surface area contributed by atoms with Gasteiger partial charge in [0.1, 0.15) is 12.4 Å². The third-order valence-electron chi connectivity index (χ3n) is 1.92. The number of ether oxygens (including phenoxy) is 1. The first-order valence-electron chi connectivity index (χ1n) is 4.58. The lowest BCUT2D eigenvalue weighted by atomic mass is 10.2. The van der Waals surface area contributed by atoms with Crippen LogP contribution in [-0.2, 0) is 15.2 Å². The lowest BCUT2D eigenvalue weighted by molar-refractivity contribution is 0.338. The zero-order valence-electron chi connectivity index (χ0n) is 8.74. The molecule has 1 rings (SSSR count). The lowest BCUT2D eigenvalue weighted by Crippen LogP contribution is -2.12. The second kappa shape index (κ2) is 5.89. The average molecular weight is 328 g/mol. The van der Waals surface area contributed by atoms with Crippen LogP contribution in [0.4, 0.5) is 0 Å². The van der Waals surface area contributed by atoms with Gasteiger partial charge in [0, 0.05) is 22.2 Å². The molecule has 90 valence electrons. The van der Waals surface area contributed by atoms with Crippen LogP contribution in [0.15, 0.2) is 18.2 Å². The molecule has 0 aliphatic rings. The molecule has 0 aliphatic carbocycles. The van der Waals surface area contributed by atoms with Gasteiger partial charge in [-0.1, -0.05) is 33.6 Å². The monoisotopic (exact) mass is 326 g/mol. The van der Waals surface area contributed by atoms with Gasteiger partial charge in [-0.2, -0.15) is 0 Å². The molecular formula is C10H12BrClO3S. The Bertz CT molecular complexity index is 459. The summed E-state index contributed by atoms with van der Waals surface area (Å²) in [5.41, 5.74) is 0.831. The van der Waals surface area contributed by atoms with E-state index >= 15 is 0 Å². The molecule has 1 aromatic carbocycles. The van der Waals surface area contributed by atoms with E-state index in [1.54, 1.807) is 18.2 Å². The van der Waals surface area contributed by atoms with Crippen molar-refractivity contribution in [1.29, 1.82) is 0 Å². The number of sulfone groups is 1. The van der Waals surface area contributed by atoms with Crippen LogP contribution in [-0.4, -0.2) is 27.0 Å². The summed E-state index contributed by atoms with van der Waals surface area (Å²) >= 11 is 9.28. The van der Waals surface area contributed by atoms with Gasteiger partial charge in [-0.3, -0.25) is 0 Å². The molecule has 6 heteroatoms. The van der Waals surface area contributed by atoms with Crippen LogP contribution in [0.1, 0.15) is 5.56 Å². The summed E-state index contributed by atoms with van der Waals surface area (Å²) in [5.74, 6) is 0.620. The maximum atomic E-state index is 10.9. The normalized spacial score (nSPS) is 11.4. The van der Waals surface area contributed by atoms with E-state index in [4.69, 9.17) is 16.3 Å². The van der Waals surface area contributed by atoms with Crippen molar-refractivity contribution in [2.75, 3.05) is 18.6 Å². The molecule has 16 heavy (non-hydrogen) atoms. The number of halogens is 2. The summed E-state index contributed by atoms with van der Waals surface area (Å²) in [6.07, 6.45) is 1.18. The Labute approximate surface area is 109 Å². The highest BCUT2D eigenvalue weighted by atomic mass is 79.9. The quantitative estimate of drug-likeness (QED) is 0.781. The second-order valence-electron chi connectivity index (χ2n) is 3.33. The Morgan fingerprint density at radius 1 is 1.44 bits per heavy atom. The fourth-order valence-electron chi connectivity index (χ4n) is 1.11. The van der Waals surface area contributed by atoms with Gasteiger partial charge in [0.2, 0.25) is 0 Å². The molecule has 0 saturated carbocycles. The van der Waals surface area contributed by atoms with Crippen LogP contribution < -0.4 is 4.74 Å². The van der Waals surface area contributed by atoms with E-state index in [0.29, 0.717) is 16.1 Å². The fourth-order valence-corrected chi connectivity index (χ4v) is 2.47. The van der Waals surface area contributed by atoms with Gasteiger partial charge in [-0.05, 0) is 12.1 Å². The molecule has 0 radical (unpaired) electrons. The number of hydrogen-bond acceptors (Lipinski definition) is 3. The van der Waals surface area contributed by atoms with E-state index < -0.39 is 9.84 Å². The minimum absolute atomic E-state index is 0.00123. The van der Waals surface area contributed by atoms with Crippen LogP contribution in [0.3, 0.4) is 0 Å². The smallest absolute Gasteiger partial charge is 0.150 e. The molecule has 0 aromatic heterocycles. The van der Waals surface area contributed by atoms with Crippen molar-refractivity contribution in [1.82, 2.24) is 0 Å². The van der Waals surface area contributed by atoms with Crippen LogP contribution in [0.25, 0.3) is 0 Å². The summed E-state index contributed by atoms with van der Waals surface area (Å²) in [4.78, 5) is 0. The molecule has 1 aromatic rings. The molecule has 3 nitrogen and oxygen atoms in total. The van der Waals surface area contributed by atoms with Gasteiger partial charge in [-0.25, -0.2) is 8.42 Å². The SMILES string of the molecule is CS(=O)(=O)CCOc1cccc(Cl)c1CBr. The molecule has 0 aliphatic heterocycles. The maximum Gasteiger partial charge on any atom is 0.150 e. The van der Waals surface area contributed by atoms with Crippen LogP contribution >= 0.6 is 27.5 Å². The van der Waals surface area contributed by atoms with Crippen molar-refractivity contribution in [2.24, 2.45) is 0 Å². The Morgan fingerprint density at radius 3 is 2.69 bits per heavy atom. The highest BCUT2D eigenvalue weighted by Gasteiger charge is 2.08. The van der Waals surface area contributed by atoms with E-state index in [0.717, 1.165) is 5.56 Å². The van der Waals surface area contributed by atoms with Gasteiger partial charge >= 0.3 is 0 Å². The zero-order chi connectivity index (χ0) is 12.2. The molecule has 0 saturated heterocycles. The molecule has 0 unspecified atom stereocenters. The highest BCUT2D eigenvalue weighted by molar-refractivity contribution is 9.08. The molecule has 0 amide bonds. The van der Waals surface area contributed by atoms with E-state index in [1.807, 2.05) is 0 Å². The number of benzene rings is 1. The van der Waals surface area contributed by atoms with Crippen LogP contribution in [0.2, 0.25) is 5.02 Å². The van der Waals surface area contributed by atoms with Crippen molar-refractivity contribution in [2.45, 2.75) is 5.33 Å². The largest absolute Gasteiger partial charge is 0.492 e. The first kappa shape index (κ1) is 13.8. The van der Waals surface area contributed by atoms with Gasteiger partial charge in [0.05, 0.1) is 5.75 Å². The van der Waals surface area contributed by atoms with Crippen molar-refractivity contribution < 1.29 is 13.2 Å². The summed E-state index contributed by atoms with van der Waals surface area (Å²) < 4.78 is 27.2. The first-order chi connectivity index (χ1) is 7.44. The molecule has 0 bridgehead atoms. The summed E-state index contributed by atoms with van der Waals surface area (Å²) in [7, 11) is -2.99. The number of rotatable bonds is 5. The minimum Gasteiger partial charge on any atom is -0.492 e. The Hall–Kier alpha value is -0.260. The van der Waals surface area contributed by atoms with Gasteiger partial charge < -0.3 is 4.74 Å². The van der Waals surface area contributed by atoms with Crippen LogP contribution in [0.5, 0.6) is 5.75 Å². The third kappa shape index (κ3) is 4.31. The van der Waals surface area contributed by atoms with Crippen molar-refractivity contribution in [3.63, 3.8) is 0 Å². The molecular weight excluding hydrogens is 316 g/mol. The van der Waals surface area contributed by atoms with Crippen LogP contribution in [0, 0.1) is 0 Å². The van der Waals surface area contributed by atoms with Gasteiger partial charge in [-0.15, -0.1) is 0 Å². The van der Waals surface area contributed by atoms with E-state index in [9.17, 15) is 8.42 Å². The van der Waals surface area contributed by atoms with Crippen molar-refractivity contribution in [3.8, 4) is 5.75 Å². The summed E-state index contributed by atoms with van der Waals surface area (Å²) in [5, 5.41) is 1.18. The van der Waals surface area contributed by atoms with Gasteiger partial charge in [0.15, 0.2) is 9.84 Å². The van der Waals surface area contributed by atoms with Crippen molar-refractivity contribution >= 4 is 37.4 Å². The summed E-state index contributed by atoms with van der Waals surface area (Å²) in [6, 6.07) is 5.30. The van der Waals surface area contributed by atoms with Gasteiger partial charge in [0.25, 0.3) is 0 Å². The third-order valence-corrected chi connectivity index (χ3v) is 3.74. The number of hydrogen-bond donors (Lipinski definition) is 0. The molecule has 0 fully saturated rings. The molecule has 0 N–H and O–H groups in total. The van der Waals surface area contributed by atoms with E-state index in [1.165, 1.54) is 6.26 Å². The Morgan fingerprint density at radius 2 is 2.12 bits per heavy atom. The Balaban J connectivity index is 2.71. The summed E-state index contributed by atoms with van der Waals surface area (Å²) in [6.45, 7) is 0.138. The zero-order valence-corrected chi connectivity index (χ0v) is 11.9. The molecule has 0 heterocycles. The Kier molecular flexibility index (Phi) is 5.08. The molecule has 0 spiro atoms. The minimum atomic E-state index is -2.99. The molecule has 0 atom stereocenters. The fraction of sp³-hybridized carbons (Fsp3) is 0.400. The van der Waals surface area contributed by atoms with E-state index in [-0.39, 0.29) is 12.4 Å². The van der Waals surface area contributed by atoms with Crippen molar-refractivity contribution in [3.05, 3.63) is 28.8 Å². The average Bonchev–Trinajstić information content (AvgIpc) is 2.16. The number of alkyl halides is 1. The predicted octanol–water partition coefficient (Wildman–Crippen LogP) is 2.66. The second-order valence-corrected chi connectivity index (χ2v) is 6.56. The maximum absolute atomic E-state index is 10.9. The standard InChI is InChI=1S/C10H12BrClO3S/c1-16(13,14)6-5-15-10-4-2-3-9(12)8(10)7-11/h2-4H,5-7H2,1H3. The first-order valence-corrected chi connectivity index (χ1v) is 8.14. The topological polar surface area (TPSA) is 43.4 Å². The predicted molar refractivity (Wildman–Crippen MR) is 69.3 cm³/mol. The van der Waals surface area contributed by atoms with E-state index in [2.05, 4.69) is 15.9 Å². The lowest BCUT2D eigenvalue weighted by Gasteiger charge is -2.10. The highest BCUT2D eigenvalue weighted by Crippen LogP contribution is 2.28.